The predicted octanol–water partition coefficient (Wildman–Crippen LogP) is 2.83. The van der Waals surface area contributed by atoms with Crippen molar-refractivity contribution in [2.75, 3.05) is 0 Å². The first-order valence-electron chi connectivity index (χ1n) is 4.88. The Hall–Kier alpha value is 0. The van der Waals surface area contributed by atoms with Crippen molar-refractivity contribution in [2.24, 2.45) is 23.2 Å². The lowest BCUT2D eigenvalue weighted by atomic mass is 9.57. The molecule has 0 nitrogen and oxygen atoms in total. The van der Waals surface area contributed by atoms with E-state index in [-0.39, 0.29) is 0 Å². The zero-order valence-corrected chi connectivity index (χ0v) is 6.77. The molecule has 10 heavy (non-hydrogen) atoms. The average molecular weight is 136 g/mol. The summed E-state index contributed by atoms with van der Waals surface area (Å²) in [5.41, 5.74) is 0.907. The number of fused-ring (bicyclic) bond motifs is 2. The van der Waals surface area contributed by atoms with Crippen LogP contribution in [0.15, 0.2) is 0 Å². The predicted molar refractivity (Wildman–Crippen MR) is 41.7 cm³/mol. The maximum Gasteiger partial charge on any atom is -0.0238 e. The van der Waals surface area contributed by atoms with Gasteiger partial charge in [0.1, 0.15) is 0 Å². The van der Waals surface area contributed by atoms with Crippen LogP contribution in [0, 0.1) is 23.2 Å². The molecule has 5 fully saturated rings. The van der Waals surface area contributed by atoms with Gasteiger partial charge in [0.15, 0.2) is 0 Å². The molecule has 5 aliphatic rings. The second-order valence-corrected chi connectivity index (χ2v) is 4.58. The summed E-state index contributed by atoms with van der Waals surface area (Å²) in [6.45, 7) is 2.41. The van der Waals surface area contributed by atoms with Gasteiger partial charge in [-0.2, -0.15) is 0 Å². The lowest BCUT2D eigenvalue weighted by molar-refractivity contribution is 0.00606. The van der Waals surface area contributed by atoms with Crippen LogP contribution in [-0.4, -0.2) is 0 Å². The quantitative estimate of drug-likeness (QED) is 0.520. The van der Waals surface area contributed by atoms with Crippen molar-refractivity contribution in [1.82, 2.24) is 0 Å². The van der Waals surface area contributed by atoms with Crippen LogP contribution in [0.1, 0.15) is 39.0 Å². The van der Waals surface area contributed by atoms with Gasteiger partial charge in [-0.25, -0.2) is 0 Å². The second-order valence-electron chi connectivity index (χ2n) is 4.58. The van der Waals surface area contributed by atoms with E-state index in [1.165, 1.54) is 24.2 Å². The van der Waals surface area contributed by atoms with E-state index in [0.717, 1.165) is 5.41 Å². The fourth-order valence-corrected chi connectivity index (χ4v) is 4.56. The zero-order valence-electron chi connectivity index (χ0n) is 6.77. The van der Waals surface area contributed by atoms with Crippen LogP contribution in [0.2, 0.25) is 0 Å². The molecular weight excluding hydrogens is 120 g/mol. The lowest BCUT2D eigenvalue weighted by Gasteiger charge is -2.47. The Balaban J connectivity index is 2.02. The summed E-state index contributed by atoms with van der Waals surface area (Å²) in [7, 11) is 0. The van der Waals surface area contributed by atoms with Crippen LogP contribution in [0.5, 0.6) is 0 Å². The molecule has 0 saturated heterocycles. The van der Waals surface area contributed by atoms with E-state index in [9.17, 15) is 0 Å². The van der Waals surface area contributed by atoms with E-state index in [4.69, 9.17) is 0 Å². The Morgan fingerprint density at radius 3 is 2.40 bits per heavy atom. The minimum Gasteiger partial charge on any atom is -0.0648 e. The molecule has 56 valence electrons. The minimum atomic E-state index is 0.907. The van der Waals surface area contributed by atoms with Gasteiger partial charge in [-0.3, -0.25) is 0 Å². The fourth-order valence-electron chi connectivity index (χ4n) is 4.56. The smallest absolute Gasteiger partial charge is 0.0238 e. The zero-order chi connectivity index (χ0) is 6.77. The molecule has 0 aromatic heterocycles. The maximum absolute atomic E-state index is 2.41. The SMILES string of the molecule is CCC12CCC3C1CC[C@@H]32. The van der Waals surface area contributed by atoms with Gasteiger partial charge < -0.3 is 0 Å². The molecule has 5 saturated carbocycles. The van der Waals surface area contributed by atoms with Gasteiger partial charge in [-0.05, 0) is 55.3 Å². The summed E-state index contributed by atoms with van der Waals surface area (Å²) in [6, 6.07) is 0. The Kier molecular flexibility index (Phi) is 0.810. The molecule has 0 aromatic carbocycles. The molecule has 0 aliphatic heterocycles. The van der Waals surface area contributed by atoms with Crippen LogP contribution < -0.4 is 0 Å². The van der Waals surface area contributed by atoms with Crippen molar-refractivity contribution < 1.29 is 0 Å². The molecular formula is C10H16. The van der Waals surface area contributed by atoms with Crippen LogP contribution in [0.3, 0.4) is 0 Å². The fraction of sp³-hybridized carbons (Fsp3) is 1.00. The van der Waals surface area contributed by atoms with E-state index in [1.54, 1.807) is 25.7 Å². The van der Waals surface area contributed by atoms with Crippen LogP contribution >= 0.6 is 0 Å². The molecule has 0 spiro atoms. The van der Waals surface area contributed by atoms with E-state index in [0.29, 0.717) is 0 Å². The second kappa shape index (κ2) is 1.44. The van der Waals surface area contributed by atoms with Crippen LogP contribution in [0.4, 0.5) is 0 Å². The minimum absolute atomic E-state index is 0.907. The van der Waals surface area contributed by atoms with Crippen molar-refractivity contribution in [3.63, 3.8) is 0 Å². The summed E-state index contributed by atoms with van der Waals surface area (Å²) in [5, 5.41) is 0. The van der Waals surface area contributed by atoms with Crippen molar-refractivity contribution in [3.8, 4) is 0 Å². The lowest BCUT2D eigenvalue weighted by Crippen LogP contribution is -2.42. The van der Waals surface area contributed by atoms with Gasteiger partial charge in [0.05, 0.1) is 0 Å². The highest BCUT2D eigenvalue weighted by Gasteiger charge is 2.68. The first-order chi connectivity index (χ1) is 4.88. The number of rotatable bonds is 1. The molecule has 5 aliphatic carbocycles. The molecule has 0 amide bonds. The molecule has 4 atom stereocenters. The van der Waals surface area contributed by atoms with Gasteiger partial charge in [0.2, 0.25) is 0 Å². The van der Waals surface area contributed by atoms with E-state index in [2.05, 4.69) is 6.92 Å². The topological polar surface area (TPSA) is 0 Å². The average Bonchev–Trinajstić information content (AvgIpc) is 2.64. The first kappa shape index (κ1) is 5.62. The van der Waals surface area contributed by atoms with Crippen LogP contribution in [-0.2, 0) is 0 Å². The Morgan fingerprint density at radius 1 is 1.20 bits per heavy atom. The first-order valence-corrected chi connectivity index (χ1v) is 4.88. The van der Waals surface area contributed by atoms with Crippen molar-refractivity contribution in [1.29, 1.82) is 0 Å². The monoisotopic (exact) mass is 136 g/mol. The molecule has 0 N–H and O–H groups in total. The summed E-state index contributed by atoms with van der Waals surface area (Å²) in [4.78, 5) is 0. The molecule has 4 bridgehead atoms. The van der Waals surface area contributed by atoms with Crippen molar-refractivity contribution >= 4 is 0 Å². The molecule has 0 radical (unpaired) electrons. The summed E-state index contributed by atoms with van der Waals surface area (Å²) in [5.74, 6) is 3.60. The van der Waals surface area contributed by atoms with E-state index in [1.807, 2.05) is 0 Å². The van der Waals surface area contributed by atoms with Gasteiger partial charge in [-0.15, -0.1) is 0 Å². The third-order valence-electron chi connectivity index (χ3n) is 4.90. The third-order valence-corrected chi connectivity index (χ3v) is 4.90. The Morgan fingerprint density at radius 2 is 1.90 bits per heavy atom. The molecule has 3 unspecified atom stereocenters. The Labute approximate surface area is 63.0 Å². The van der Waals surface area contributed by atoms with E-state index >= 15 is 0 Å². The highest BCUT2D eigenvalue weighted by Crippen LogP contribution is 2.76. The standard InChI is InChI=1S/C10H16/c1-2-10-6-5-7-8(10)3-4-9(7)10/h7-9H,2-6H2,1H3/t7?,8-,9?,10?/m0/s1. The Bertz CT molecular complexity index is 159. The molecule has 0 heteroatoms. The highest BCUT2D eigenvalue weighted by atomic mass is 14.7. The summed E-state index contributed by atoms with van der Waals surface area (Å²) >= 11 is 0. The van der Waals surface area contributed by atoms with Gasteiger partial charge in [-0.1, -0.05) is 6.92 Å². The van der Waals surface area contributed by atoms with Gasteiger partial charge >= 0.3 is 0 Å². The van der Waals surface area contributed by atoms with E-state index < -0.39 is 0 Å². The van der Waals surface area contributed by atoms with Crippen molar-refractivity contribution in [3.05, 3.63) is 0 Å². The number of hydrogen-bond donors (Lipinski definition) is 0. The maximum atomic E-state index is 2.41. The van der Waals surface area contributed by atoms with Crippen LogP contribution in [0.25, 0.3) is 0 Å². The molecule has 0 aromatic rings. The largest absolute Gasteiger partial charge is 0.0648 e. The molecule has 5 rings (SSSR count). The normalized spacial score (nSPS) is 62.7. The van der Waals surface area contributed by atoms with Crippen molar-refractivity contribution in [2.45, 2.75) is 39.0 Å². The van der Waals surface area contributed by atoms with Gasteiger partial charge in [0, 0.05) is 0 Å². The summed E-state index contributed by atoms with van der Waals surface area (Å²) < 4.78 is 0. The van der Waals surface area contributed by atoms with Gasteiger partial charge in [0.25, 0.3) is 0 Å². The third kappa shape index (κ3) is 0.339. The molecule has 0 heterocycles. The number of hydrogen-bond acceptors (Lipinski definition) is 0. The highest BCUT2D eigenvalue weighted by molar-refractivity contribution is 5.17. The summed E-state index contributed by atoms with van der Waals surface area (Å²) in [6.07, 6.45) is 7.83.